The zero-order chi connectivity index (χ0) is 44.9. The summed E-state index contributed by atoms with van der Waals surface area (Å²) >= 11 is 0. The van der Waals surface area contributed by atoms with Crippen LogP contribution >= 0.6 is 0 Å². The highest BCUT2D eigenvalue weighted by molar-refractivity contribution is 6.24. The third-order valence-corrected chi connectivity index (χ3v) is 12.0. The Kier molecular flexibility index (Phi) is 19.2. The number of rotatable bonds is 19. The van der Waals surface area contributed by atoms with Crippen LogP contribution in [0.2, 0.25) is 0 Å². The molecule has 3 aliphatic rings. The Bertz CT molecular complexity index is 1710. The van der Waals surface area contributed by atoms with E-state index >= 15 is 0 Å². The highest BCUT2D eigenvalue weighted by Crippen LogP contribution is 2.45. The maximum atomic E-state index is 13.4. The number of piperidine rings is 1. The molecule has 2 amide bonds. The Labute approximate surface area is 355 Å². The number of carbonyl (C=O) groups is 4. The molecule has 12 atom stereocenters. The average molecular weight is 841 g/mol. The number of nitrogens with one attached hydrogen (secondary N) is 1. The van der Waals surface area contributed by atoms with E-state index in [9.17, 15) is 44.7 Å². The van der Waals surface area contributed by atoms with Crippen LogP contribution in [0.25, 0.3) is 0 Å². The summed E-state index contributed by atoms with van der Waals surface area (Å²) in [6, 6.07) is 0. The molecule has 0 saturated carbocycles. The normalized spacial score (nSPS) is 32.3. The number of hydrogen-bond acceptors (Lipinski definition) is 12. The van der Waals surface area contributed by atoms with Gasteiger partial charge in [-0.05, 0) is 51.2 Å². The molecule has 3 saturated heterocycles. The highest BCUT2D eigenvalue weighted by Gasteiger charge is 2.60. The minimum Gasteiger partial charge on any atom is -0.390 e. The number of nitrogens with zero attached hydrogens (tertiary/aromatic N) is 1. The van der Waals surface area contributed by atoms with E-state index in [1.165, 1.54) is 18.1 Å². The summed E-state index contributed by atoms with van der Waals surface area (Å²) in [6.07, 6.45) is 13.9. The van der Waals surface area contributed by atoms with Crippen molar-refractivity contribution < 1.29 is 58.9 Å². The first kappa shape index (κ1) is 50.5. The second-order valence-electron chi connectivity index (χ2n) is 16.6. The van der Waals surface area contributed by atoms with E-state index in [2.05, 4.69) is 5.32 Å². The van der Waals surface area contributed by atoms with Crippen molar-refractivity contribution in [3.05, 3.63) is 84.1 Å². The summed E-state index contributed by atoms with van der Waals surface area (Å²) in [5.41, 5.74) is 0.131. The fraction of sp³-hybridized carbons (Fsp3) is 0.609. The molecule has 0 aromatic rings. The lowest BCUT2D eigenvalue weighted by Gasteiger charge is -2.53. The van der Waals surface area contributed by atoms with E-state index in [4.69, 9.17) is 14.2 Å². The van der Waals surface area contributed by atoms with E-state index in [1.807, 2.05) is 45.1 Å². The maximum absolute atomic E-state index is 13.4. The molecule has 6 N–H and O–H groups in total. The van der Waals surface area contributed by atoms with Crippen molar-refractivity contribution >= 4 is 23.4 Å². The molecule has 0 bridgehead atoms. The fourth-order valence-corrected chi connectivity index (χ4v) is 7.98. The van der Waals surface area contributed by atoms with Gasteiger partial charge in [-0.3, -0.25) is 19.2 Å². The Balaban J connectivity index is 1.59. The summed E-state index contributed by atoms with van der Waals surface area (Å²) in [5, 5.41) is 58.3. The molecule has 14 heteroatoms. The number of likely N-dealkylation sites (tertiary alicyclic amines) is 1. The Hall–Kier alpha value is -3.86. The summed E-state index contributed by atoms with van der Waals surface area (Å²) < 4.78 is 18.0. The van der Waals surface area contributed by atoms with Crippen LogP contribution in [0, 0.1) is 23.2 Å². The maximum Gasteiger partial charge on any atom is 0.240 e. The lowest BCUT2D eigenvalue weighted by molar-refractivity contribution is -0.367. The van der Waals surface area contributed by atoms with Gasteiger partial charge >= 0.3 is 0 Å². The fourth-order valence-electron chi connectivity index (χ4n) is 7.98. The number of aliphatic hydroxyl groups excluding tert-OH is 4. The van der Waals surface area contributed by atoms with Gasteiger partial charge in [-0.25, -0.2) is 0 Å². The number of carbonyl (C=O) groups excluding carboxylic acids is 4. The molecular weight excluding hydrogens is 773 g/mol. The number of ketones is 2. The number of hydrogen-bond donors (Lipinski definition) is 6. The van der Waals surface area contributed by atoms with Crippen LogP contribution in [0.4, 0.5) is 0 Å². The molecule has 60 heavy (non-hydrogen) atoms. The van der Waals surface area contributed by atoms with Crippen LogP contribution in [0.1, 0.15) is 74.1 Å². The van der Waals surface area contributed by atoms with Crippen molar-refractivity contribution in [2.45, 2.75) is 129 Å². The number of Topliss-reactive ketones (excluding diaryl/α,β-unsaturated/α-hetero) is 2. The quantitative estimate of drug-likeness (QED) is 0.0480. The van der Waals surface area contributed by atoms with Crippen molar-refractivity contribution in [1.29, 1.82) is 0 Å². The second-order valence-corrected chi connectivity index (χ2v) is 16.6. The summed E-state index contributed by atoms with van der Waals surface area (Å²) in [7, 11) is 3.09. The molecule has 334 valence electrons. The van der Waals surface area contributed by atoms with Crippen LogP contribution < -0.4 is 5.32 Å². The Morgan fingerprint density at radius 2 is 1.68 bits per heavy atom. The molecule has 3 unspecified atom stereocenters. The first-order chi connectivity index (χ1) is 28.3. The van der Waals surface area contributed by atoms with E-state index in [-0.39, 0.29) is 30.7 Å². The van der Waals surface area contributed by atoms with Gasteiger partial charge in [0.05, 0.1) is 30.3 Å². The minimum atomic E-state index is -2.32. The van der Waals surface area contributed by atoms with E-state index < -0.39 is 95.4 Å². The molecule has 0 aromatic carbocycles. The van der Waals surface area contributed by atoms with Crippen molar-refractivity contribution in [3.8, 4) is 0 Å². The van der Waals surface area contributed by atoms with Gasteiger partial charge in [-0.15, -0.1) is 0 Å². The molecule has 0 aromatic heterocycles. The Morgan fingerprint density at radius 1 is 0.983 bits per heavy atom. The van der Waals surface area contributed by atoms with Crippen molar-refractivity contribution in [2.75, 3.05) is 27.2 Å². The van der Waals surface area contributed by atoms with E-state index in [1.54, 1.807) is 77.3 Å². The summed E-state index contributed by atoms with van der Waals surface area (Å²) in [4.78, 5) is 52.2. The number of ether oxygens (including phenoxy) is 3. The summed E-state index contributed by atoms with van der Waals surface area (Å²) in [6.45, 7) is 12.7. The molecule has 3 aliphatic heterocycles. The van der Waals surface area contributed by atoms with Crippen LogP contribution in [-0.4, -0.2) is 136 Å². The monoisotopic (exact) mass is 840 g/mol. The zero-order valence-corrected chi connectivity index (χ0v) is 36.6. The predicted molar refractivity (Wildman–Crippen MR) is 227 cm³/mol. The molecular formula is C46H68N2O12. The van der Waals surface area contributed by atoms with Crippen molar-refractivity contribution in [3.63, 3.8) is 0 Å². The van der Waals surface area contributed by atoms with Gasteiger partial charge in [0, 0.05) is 45.0 Å². The molecule has 0 spiro atoms. The first-order valence-corrected chi connectivity index (χ1v) is 20.8. The lowest BCUT2D eigenvalue weighted by Crippen LogP contribution is -2.69. The summed E-state index contributed by atoms with van der Waals surface area (Å²) in [5.74, 6) is -7.18. The molecule has 14 nitrogen and oxygen atoms in total. The lowest BCUT2D eigenvalue weighted by atomic mass is 9.70. The number of amides is 2. The SMILES string of the molecule is C/C=C/C/C=C/C[C@@H]1O[C@](O)(C(CC)C(=O)NC/C=C/C=C(/C)[C@@H](OC)[C@@H](C)[C@@H]2OC(/C=C/C=C/C=C(\C)C(=O)C3C(=O)CCN(C)C3=O)[C@H](O)[C@@H]2O)[C@H](O)[C@H](O)C1(C)C. The van der Waals surface area contributed by atoms with Crippen LogP contribution in [0.15, 0.2) is 84.1 Å². The van der Waals surface area contributed by atoms with Crippen LogP contribution in [-0.2, 0) is 33.4 Å². The topological polar surface area (TPSA) is 212 Å². The predicted octanol–water partition coefficient (Wildman–Crippen LogP) is 3.19. The molecule has 0 radical (unpaired) electrons. The number of methoxy groups -OCH3 is 1. The van der Waals surface area contributed by atoms with Gasteiger partial charge in [0.15, 0.2) is 17.5 Å². The number of allylic oxidation sites excluding steroid dienone is 10. The molecule has 3 heterocycles. The van der Waals surface area contributed by atoms with Gasteiger partial charge in [-0.1, -0.05) is 101 Å². The van der Waals surface area contributed by atoms with Gasteiger partial charge in [0.1, 0.15) is 24.4 Å². The van der Waals surface area contributed by atoms with Crippen LogP contribution in [0.3, 0.4) is 0 Å². The highest BCUT2D eigenvalue weighted by atomic mass is 16.7. The van der Waals surface area contributed by atoms with Gasteiger partial charge < -0.3 is 50.0 Å². The number of aliphatic hydroxyl groups is 5. The third kappa shape index (κ3) is 11.9. The first-order valence-electron chi connectivity index (χ1n) is 20.8. The third-order valence-electron chi connectivity index (χ3n) is 12.0. The molecule has 0 aliphatic carbocycles. The second kappa shape index (κ2) is 22.8. The van der Waals surface area contributed by atoms with Gasteiger partial charge in [0.25, 0.3) is 0 Å². The molecule has 3 fully saturated rings. The van der Waals surface area contributed by atoms with Crippen molar-refractivity contribution in [1.82, 2.24) is 10.2 Å². The zero-order valence-electron chi connectivity index (χ0n) is 36.6. The Morgan fingerprint density at radius 3 is 2.33 bits per heavy atom. The molecule has 3 rings (SSSR count). The van der Waals surface area contributed by atoms with E-state index in [0.29, 0.717) is 13.0 Å². The minimum absolute atomic E-state index is 0.0892. The average Bonchev–Trinajstić information content (AvgIpc) is 3.49. The van der Waals surface area contributed by atoms with E-state index in [0.717, 1.165) is 12.0 Å². The van der Waals surface area contributed by atoms with Crippen LogP contribution in [0.5, 0.6) is 0 Å². The van der Waals surface area contributed by atoms with Crippen molar-refractivity contribution in [2.24, 2.45) is 23.2 Å². The standard InChI is InChI=1S/C46H68N2O12/c1-10-12-13-14-18-24-34-45(6,7)41(53)42(54)46(57,60-34)31(11-2)43(55)47-26-20-19-22-29(4)39(58-9)30(5)40-38(52)37(51)33(59-40)23-17-15-16-21-28(3)36(50)35-32(49)25-27-48(8)44(35)56/h10,12,14-23,30-31,33-35,37-42,51-54,57H,11,13,24-27H2,1-9H3,(H,47,55)/b12-10+,16-15+,18-14+,20-19+,23-17+,28-21+,29-22-/t30-,31?,33?,34+,35?,37+,38+,39-,40+,41+,42-,46-/m1/s1. The van der Waals surface area contributed by atoms with Gasteiger partial charge in [0.2, 0.25) is 17.6 Å². The van der Waals surface area contributed by atoms with Gasteiger partial charge in [-0.2, -0.15) is 0 Å². The largest absolute Gasteiger partial charge is 0.390 e. The smallest absolute Gasteiger partial charge is 0.240 e.